The molecular formula is C45H45ClN8O10. The number of carbonyl (C=O) groups is 8. The monoisotopic (exact) mass is 892 g/mol. The van der Waals surface area contributed by atoms with Gasteiger partial charge in [0.25, 0.3) is 11.8 Å². The second kappa shape index (κ2) is 19.3. The number of fused-ring (bicyclic) bond motifs is 2. The normalized spacial score (nSPS) is 17.6. The minimum Gasteiger partial charge on any atom is -0.493 e. The summed E-state index contributed by atoms with van der Waals surface area (Å²) in [6.45, 7) is 2.96. The summed E-state index contributed by atoms with van der Waals surface area (Å²) in [5, 5.41) is 16.3. The number of piperidine rings is 2. The molecule has 4 aromatic rings. The fourth-order valence-electron chi connectivity index (χ4n) is 7.86. The maximum Gasteiger partial charge on any atom is 0.319 e. The van der Waals surface area contributed by atoms with Crippen molar-refractivity contribution in [3.63, 3.8) is 0 Å². The van der Waals surface area contributed by atoms with Crippen LogP contribution in [0.25, 0.3) is 0 Å². The SMILES string of the molecule is COc1ccc(NC(=O)NCc2ccc3c(c2)CN(C2CCC(=O)NC2=O)C3=O)cc1OC.Cc1cc(Cl)ccc1NC(=O)NCc1ccc2c(c1)CN(C1CCC(=O)NC1=O)C2=O. The molecule has 0 radical (unpaired) electrons. The van der Waals surface area contributed by atoms with Crippen molar-refractivity contribution in [1.82, 2.24) is 31.1 Å². The highest BCUT2D eigenvalue weighted by Crippen LogP contribution is 2.31. The van der Waals surface area contributed by atoms with E-state index in [0.717, 1.165) is 27.8 Å². The van der Waals surface area contributed by atoms with Crippen LogP contribution in [-0.4, -0.2) is 83.6 Å². The van der Waals surface area contributed by atoms with Crippen LogP contribution in [0.5, 0.6) is 11.5 Å². The molecule has 332 valence electrons. The van der Waals surface area contributed by atoms with Gasteiger partial charge >= 0.3 is 12.1 Å². The number of nitrogens with one attached hydrogen (secondary N) is 6. The Hall–Kier alpha value is -7.47. The van der Waals surface area contributed by atoms with Gasteiger partial charge in [0.1, 0.15) is 12.1 Å². The highest BCUT2D eigenvalue weighted by Gasteiger charge is 2.40. The van der Waals surface area contributed by atoms with Crippen LogP contribution in [-0.2, 0) is 45.4 Å². The molecule has 0 bridgehead atoms. The first-order chi connectivity index (χ1) is 30.7. The van der Waals surface area contributed by atoms with Gasteiger partial charge in [-0.15, -0.1) is 0 Å². The van der Waals surface area contributed by atoms with E-state index in [4.69, 9.17) is 21.1 Å². The number of hydrogen-bond acceptors (Lipinski definition) is 10. The smallest absolute Gasteiger partial charge is 0.319 e. The van der Waals surface area contributed by atoms with Crippen LogP contribution >= 0.6 is 11.6 Å². The van der Waals surface area contributed by atoms with Crippen LogP contribution in [0.1, 0.15) is 74.2 Å². The average Bonchev–Trinajstić information content (AvgIpc) is 3.77. The number of amides is 10. The van der Waals surface area contributed by atoms with E-state index in [1.807, 2.05) is 19.1 Å². The molecule has 8 rings (SSSR count). The zero-order valence-corrected chi connectivity index (χ0v) is 35.9. The maximum atomic E-state index is 12.8. The summed E-state index contributed by atoms with van der Waals surface area (Å²) < 4.78 is 10.4. The van der Waals surface area contributed by atoms with Gasteiger partial charge in [0.05, 0.1) is 14.2 Å². The molecule has 4 heterocycles. The zero-order chi connectivity index (χ0) is 45.7. The second-order valence-electron chi connectivity index (χ2n) is 15.4. The van der Waals surface area contributed by atoms with E-state index >= 15 is 0 Å². The average molecular weight is 893 g/mol. The van der Waals surface area contributed by atoms with Gasteiger partial charge in [0.2, 0.25) is 23.6 Å². The van der Waals surface area contributed by atoms with Gasteiger partial charge in [-0.05, 0) is 90.0 Å². The number of anilines is 2. The molecule has 19 heteroatoms. The number of rotatable bonds is 10. The third kappa shape index (κ3) is 10.1. The first-order valence-electron chi connectivity index (χ1n) is 20.3. The van der Waals surface area contributed by atoms with Gasteiger partial charge in [0.15, 0.2) is 11.5 Å². The van der Waals surface area contributed by atoms with Gasteiger partial charge in [-0.2, -0.15) is 0 Å². The predicted octanol–water partition coefficient (Wildman–Crippen LogP) is 4.52. The molecular weight excluding hydrogens is 848 g/mol. The van der Waals surface area contributed by atoms with Crippen molar-refractivity contribution >= 4 is 70.5 Å². The molecule has 64 heavy (non-hydrogen) atoms. The summed E-state index contributed by atoms with van der Waals surface area (Å²) in [5.74, 6) is -0.910. The van der Waals surface area contributed by atoms with Crippen molar-refractivity contribution in [3.05, 3.63) is 117 Å². The number of ether oxygens (including phenoxy) is 2. The molecule has 18 nitrogen and oxygen atoms in total. The van der Waals surface area contributed by atoms with Crippen molar-refractivity contribution in [3.8, 4) is 11.5 Å². The number of urea groups is 2. The Kier molecular flexibility index (Phi) is 13.4. The number of carbonyl (C=O) groups excluding carboxylic acids is 8. The Morgan fingerprint density at radius 2 is 1.17 bits per heavy atom. The number of hydrogen-bond donors (Lipinski definition) is 6. The van der Waals surface area contributed by atoms with Crippen molar-refractivity contribution in [1.29, 1.82) is 0 Å². The van der Waals surface area contributed by atoms with Crippen LogP contribution in [0.15, 0.2) is 72.8 Å². The van der Waals surface area contributed by atoms with E-state index in [1.165, 1.54) is 24.0 Å². The number of methoxy groups -OCH3 is 2. The summed E-state index contributed by atoms with van der Waals surface area (Å²) >= 11 is 5.93. The molecule has 4 aliphatic rings. The van der Waals surface area contributed by atoms with Gasteiger partial charge < -0.3 is 40.5 Å². The standard InChI is InChI=1S/C23H24N4O6.C22H21ClN4O4/c1-32-18-7-4-15(10-19(18)33-2)25-23(31)24-11-13-3-5-16-14(9-13)12-27(22(16)30)17-6-8-20(28)26-21(17)29;1-12-8-15(23)3-5-17(12)25-22(31)24-10-13-2-4-16-14(9-13)11-27(21(16)30)18-6-7-19(28)26-20(18)29/h3-5,7,9-10,17H,6,8,11-12H2,1-2H3,(H2,24,25,31)(H,26,28,29);2-5,8-9,18H,6-7,10-11H2,1H3,(H2,24,25,31)(H,26,28,29). The van der Waals surface area contributed by atoms with Gasteiger partial charge in [-0.25, -0.2) is 9.59 Å². The Balaban J connectivity index is 0.000000192. The van der Waals surface area contributed by atoms with Crippen LogP contribution < -0.4 is 41.4 Å². The van der Waals surface area contributed by atoms with Crippen molar-refractivity contribution in [2.75, 3.05) is 24.9 Å². The highest BCUT2D eigenvalue weighted by molar-refractivity contribution is 6.30. The molecule has 2 fully saturated rings. The molecule has 2 saturated heterocycles. The largest absolute Gasteiger partial charge is 0.493 e. The minimum absolute atomic E-state index is 0.209. The van der Waals surface area contributed by atoms with E-state index in [-0.39, 0.29) is 62.1 Å². The Labute approximate surface area is 372 Å². The van der Waals surface area contributed by atoms with Crippen LogP contribution in [0.4, 0.5) is 21.0 Å². The zero-order valence-electron chi connectivity index (χ0n) is 35.1. The summed E-state index contributed by atoms with van der Waals surface area (Å²) in [4.78, 5) is 100. The molecule has 4 aliphatic heterocycles. The van der Waals surface area contributed by atoms with Crippen molar-refractivity contribution < 1.29 is 47.8 Å². The summed E-state index contributed by atoms with van der Waals surface area (Å²) in [6, 6.07) is 18.9. The van der Waals surface area contributed by atoms with E-state index in [9.17, 15) is 38.4 Å². The quantitative estimate of drug-likeness (QED) is 0.122. The highest BCUT2D eigenvalue weighted by atomic mass is 35.5. The number of aryl methyl sites for hydroxylation is 1. The second-order valence-corrected chi connectivity index (χ2v) is 15.9. The third-order valence-electron chi connectivity index (χ3n) is 11.2. The lowest BCUT2D eigenvalue weighted by Gasteiger charge is -2.29. The summed E-state index contributed by atoms with van der Waals surface area (Å²) in [7, 11) is 3.05. The minimum atomic E-state index is -0.656. The number of nitrogens with zero attached hydrogens (tertiary/aromatic N) is 2. The molecule has 2 unspecified atom stereocenters. The topological polar surface area (TPSA) is 234 Å². The Morgan fingerprint density at radius 3 is 1.66 bits per heavy atom. The number of halogens is 1. The van der Waals surface area contributed by atoms with Crippen LogP contribution in [0.2, 0.25) is 5.02 Å². The summed E-state index contributed by atoms with van der Waals surface area (Å²) in [6.07, 6.45) is 1.06. The van der Waals surface area contributed by atoms with E-state index in [0.29, 0.717) is 58.4 Å². The predicted molar refractivity (Wildman–Crippen MR) is 232 cm³/mol. The van der Waals surface area contributed by atoms with Crippen LogP contribution in [0, 0.1) is 6.92 Å². The van der Waals surface area contributed by atoms with Crippen molar-refractivity contribution in [2.24, 2.45) is 0 Å². The first-order valence-corrected chi connectivity index (χ1v) is 20.7. The molecule has 0 spiro atoms. The van der Waals surface area contributed by atoms with E-state index in [2.05, 4.69) is 31.9 Å². The fraction of sp³-hybridized carbons (Fsp3) is 0.289. The van der Waals surface area contributed by atoms with E-state index < -0.39 is 29.9 Å². The maximum absolute atomic E-state index is 12.8. The number of imide groups is 2. The lowest BCUT2D eigenvalue weighted by atomic mass is 10.0. The third-order valence-corrected chi connectivity index (χ3v) is 11.4. The van der Waals surface area contributed by atoms with Gasteiger partial charge in [0, 0.05) is 72.6 Å². The van der Waals surface area contributed by atoms with Crippen LogP contribution in [0.3, 0.4) is 0 Å². The summed E-state index contributed by atoms with van der Waals surface area (Å²) in [5.41, 5.74) is 6.35. The molecule has 0 aliphatic carbocycles. The molecule has 2 atom stereocenters. The Morgan fingerprint density at radius 1 is 0.656 bits per heavy atom. The lowest BCUT2D eigenvalue weighted by Crippen LogP contribution is -2.52. The molecule has 0 aromatic heterocycles. The fourth-order valence-corrected chi connectivity index (χ4v) is 8.09. The van der Waals surface area contributed by atoms with Gasteiger partial charge in [-0.3, -0.25) is 39.4 Å². The van der Waals surface area contributed by atoms with Crippen molar-refractivity contribution in [2.45, 2.75) is 70.9 Å². The molecule has 6 N–H and O–H groups in total. The molecule has 10 amide bonds. The Bertz CT molecular complexity index is 2580. The first kappa shape index (κ1) is 44.6. The number of benzene rings is 4. The lowest BCUT2D eigenvalue weighted by molar-refractivity contribution is -0.138. The van der Waals surface area contributed by atoms with E-state index in [1.54, 1.807) is 60.7 Å². The molecule has 4 aromatic carbocycles. The van der Waals surface area contributed by atoms with Gasteiger partial charge in [-0.1, -0.05) is 35.9 Å². The molecule has 0 saturated carbocycles.